The third-order valence-corrected chi connectivity index (χ3v) is 1.90. The van der Waals surface area contributed by atoms with Crippen LogP contribution in [0.1, 0.15) is 38.5 Å². The number of halogens is 1. The zero-order valence-corrected chi connectivity index (χ0v) is 7.43. The van der Waals surface area contributed by atoms with Crippen LogP contribution in [0.3, 0.4) is 0 Å². The third kappa shape index (κ3) is 1.93. The minimum atomic E-state index is 0.131. The molecule has 0 saturated carbocycles. The second kappa shape index (κ2) is 3.72. The summed E-state index contributed by atoms with van der Waals surface area (Å²) in [4.78, 5) is 0. The molecule has 3 nitrogen and oxygen atoms in total. The van der Waals surface area contributed by atoms with Crippen LogP contribution in [-0.4, -0.2) is 10.2 Å². The molecule has 0 radical (unpaired) electrons. The molecule has 0 aromatic carbocycles. The molecule has 0 saturated heterocycles. The van der Waals surface area contributed by atoms with E-state index in [9.17, 15) is 0 Å². The van der Waals surface area contributed by atoms with E-state index in [-0.39, 0.29) is 5.35 Å². The first-order valence-corrected chi connectivity index (χ1v) is 4.14. The van der Waals surface area contributed by atoms with Crippen molar-refractivity contribution in [2.24, 2.45) is 0 Å². The molecule has 0 unspecified atom stereocenters. The molecule has 11 heavy (non-hydrogen) atoms. The summed E-state index contributed by atoms with van der Waals surface area (Å²) >= 11 is 5.48. The van der Waals surface area contributed by atoms with Crippen LogP contribution in [0.15, 0.2) is 4.42 Å². The van der Waals surface area contributed by atoms with Crippen molar-refractivity contribution in [2.75, 3.05) is 0 Å². The zero-order chi connectivity index (χ0) is 8.27. The molecular formula is C7H11ClN2O. The molecule has 0 bridgehead atoms. The van der Waals surface area contributed by atoms with E-state index >= 15 is 0 Å². The Hall–Kier alpha value is -0.570. The molecule has 0 atom stereocenters. The maximum atomic E-state index is 5.48. The van der Waals surface area contributed by atoms with Gasteiger partial charge >= 0.3 is 5.35 Å². The zero-order valence-electron chi connectivity index (χ0n) is 6.67. The standard InChI is InChI=1S/C7H11ClN2O/c1-3-5(4-2)6-9-10-7(8)11-6/h5H,3-4H2,1-2H3. The van der Waals surface area contributed by atoms with Crippen molar-refractivity contribution in [1.29, 1.82) is 0 Å². The van der Waals surface area contributed by atoms with E-state index in [2.05, 4.69) is 24.0 Å². The SMILES string of the molecule is CCC(CC)c1nnc(Cl)o1. The number of nitrogens with zero attached hydrogens (tertiary/aromatic N) is 2. The van der Waals surface area contributed by atoms with Crippen molar-refractivity contribution < 1.29 is 4.42 Å². The van der Waals surface area contributed by atoms with Crippen LogP contribution in [0.5, 0.6) is 0 Å². The highest BCUT2D eigenvalue weighted by atomic mass is 35.5. The number of aromatic nitrogens is 2. The van der Waals surface area contributed by atoms with Crippen LogP contribution < -0.4 is 0 Å². The van der Waals surface area contributed by atoms with Crippen LogP contribution in [0.4, 0.5) is 0 Å². The van der Waals surface area contributed by atoms with Crippen LogP contribution in [-0.2, 0) is 0 Å². The molecule has 1 aromatic heterocycles. The Kier molecular flexibility index (Phi) is 2.88. The van der Waals surface area contributed by atoms with Crippen molar-refractivity contribution in [1.82, 2.24) is 10.2 Å². The first-order chi connectivity index (χ1) is 5.27. The van der Waals surface area contributed by atoms with Crippen molar-refractivity contribution in [2.45, 2.75) is 32.6 Å². The highest BCUT2D eigenvalue weighted by molar-refractivity contribution is 6.27. The van der Waals surface area contributed by atoms with Gasteiger partial charge in [-0.25, -0.2) is 0 Å². The van der Waals surface area contributed by atoms with Gasteiger partial charge in [0.1, 0.15) is 0 Å². The van der Waals surface area contributed by atoms with Gasteiger partial charge in [-0.2, -0.15) is 0 Å². The van der Waals surface area contributed by atoms with Crippen LogP contribution in [0.2, 0.25) is 5.35 Å². The lowest BCUT2D eigenvalue weighted by atomic mass is 10.0. The van der Waals surface area contributed by atoms with E-state index in [0.29, 0.717) is 11.8 Å². The average Bonchev–Trinajstić information content (AvgIpc) is 2.39. The fourth-order valence-electron chi connectivity index (χ4n) is 1.02. The smallest absolute Gasteiger partial charge is 0.312 e. The van der Waals surface area contributed by atoms with Crippen LogP contribution in [0.25, 0.3) is 0 Å². The van der Waals surface area contributed by atoms with E-state index < -0.39 is 0 Å². The largest absolute Gasteiger partial charge is 0.412 e. The van der Waals surface area contributed by atoms with E-state index in [1.807, 2.05) is 0 Å². The van der Waals surface area contributed by atoms with E-state index in [4.69, 9.17) is 16.0 Å². The molecule has 0 aliphatic heterocycles. The maximum absolute atomic E-state index is 5.48. The summed E-state index contributed by atoms with van der Waals surface area (Å²) in [5, 5.41) is 7.52. The predicted molar refractivity (Wildman–Crippen MR) is 42.6 cm³/mol. The fraction of sp³-hybridized carbons (Fsp3) is 0.714. The summed E-state index contributed by atoms with van der Waals surface area (Å²) in [5.41, 5.74) is 0. The lowest BCUT2D eigenvalue weighted by Gasteiger charge is -2.04. The molecular weight excluding hydrogens is 164 g/mol. The number of hydrogen-bond acceptors (Lipinski definition) is 3. The van der Waals surface area contributed by atoms with E-state index in [1.54, 1.807) is 0 Å². The Morgan fingerprint density at radius 3 is 2.36 bits per heavy atom. The normalized spacial score (nSPS) is 10.9. The monoisotopic (exact) mass is 174 g/mol. The van der Waals surface area contributed by atoms with E-state index in [1.165, 1.54) is 0 Å². The van der Waals surface area contributed by atoms with Crippen molar-refractivity contribution in [3.63, 3.8) is 0 Å². The lowest BCUT2D eigenvalue weighted by molar-refractivity contribution is 0.432. The third-order valence-electron chi connectivity index (χ3n) is 1.75. The molecule has 0 fully saturated rings. The Morgan fingerprint density at radius 2 is 2.00 bits per heavy atom. The second-order valence-electron chi connectivity index (χ2n) is 2.41. The molecule has 0 aliphatic rings. The average molecular weight is 175 g/mol. The Bertz CT molecular complexity index is 220. The summed E-state index contributed by atoms with van der Waals surface area (Å²) in [7, 11) is 0. The Balaban J connectivity index is 2.73. The highest BCUT2D eigenvalue weighted by Gasteiger charge is 2.13. The van der Waals surface area contributed by atoms with Crippen molar-refractivity contribution in [3.05, 3.63) is 11.2 Å². The van der Waals surface area contributed by atoms with Gasteiger partial charge in [0.2, 0.25) is 5.89 Å². The molecule has 1 heterocycles. The quantitative estimate of drug-likeness (QED) is 0.707. The summed E-state index contributed by atoms with van der Waals surface area (Å²) < 4.78 is 5.07. The first kappa shape index (κ1) is 8.53. The van der Waals surface area contributed by atoms with Gasteiger partial charge in [-0.15, -0.1) is 5.10 Å². The van der Waals surface area contributed by atoms with Crippen molar-refractivity contribution in [3.8, 4) is 0 Å². The molecule has 62 valence electrons. The van der Waals surface area contributed by atoms with Crippen LogP contribution >= 0.6 is 11.6 Å². The Morgan fingerprint density at radius 1 is 1.36 bits per heavy atom. The molecule has 1 aromatic rings. The summed E-state index contributed by atoms with van der Waals surface area (Å²) in [5.74, 6) is 1.01. The molecule has 1 rings (SSSR count). The van der Waals surface area contributed by atoms with Gasteiger partial charge in [0, 0.05) is 5.92 Å². The molecule has 0 spiro atoms. The van der Waals surface area contributed by atoms with Gasteiger partial charge < -0.3 is 4.42 Å². The van der Waals surface area contributed by atoms with Gasteiger partial charge in [0.25, 0.3) is 0 Å². The van der Waals surface area contributed by atoms with Gasteiger partial charge in [0.15, 0.2) is 0 Å². The maximum Gasteiger partial charge on any atom is 0.312 e. The van der Waals surface area contributed by atoms with Crippen molar-refractivity contribution >= 4 is 11.6 Å². The first-order valence-electron chi connectivity index (χ1n) is 3.76. The minimum absolute atomic E-state index is 0.131. The van der Waals surface area contributed by atoms with Crippen LogP contribution in [0, 0.1) is 0 Å². The topological polar surface area (TPSA) is 38.9 Å². The second-order valence-corrected chi connectivity index (χ2v) is 2.73. The molecule has 0 amide bonds. The highest BCUT2D eigenvalue weighted by Crippen LogP contribution is 2.22. The summed E-state index contributed by atoms with van der Waals surface area (Å²) in [6.45, 7) is 4.18. The van der Waals surface area contributed by atoms with Gasteiger partial charge in [-0.3, -0.25) is 0 Å². The minimum Gasteiger partial charge on any atom is -0.412 e. The summed E-state index contributed by atoms with van der Waals surface area (Å²) in [6.07, 6.45) is 2.02. The number of hydrogen-bond donors (Lipinski definition) is 0. The summed E-state index contributed by atoms with van der Waals surface area (Å²) in [6, 6.07) is 0. The Labute approximate surface area is 70.8 Å². The molecule has 0 aliphatic carbocycles. The lowest BCUT2D eigenvalue weighted by Crippen LogP contribution is -1.94. The fourth-order valence-corrected chi connectivity index (χ4v) is 1.14. The number of rotatable bonds is 3. The molecule has 0 N–H and O–H groups in total. The van der Waals surface area contributed by atoms with E-state index in [0.717, 1.165) is 12.8 Å². The van der Waals surface area contributed by atoms with Gasteiger partial charge in [-0.05, 0) is 24.4 Å². The van der Waals surface area contributed by atoms with Gasteiger partial charge in [0.05, 0.1) is 0 Å². The predicted octanol–water partition coefficient (Wildman–Crippen LogP) is 2.63. The molecule has 4 heteroatoms. The van der Waals surface area contributed by atoms with Gasteiger partial charge in [-0.1, -0.05) is 18.9 Å².